The molecular weight excluding hydrogens is 224 g/mol. The predicted octanol–water partition coefficient (Wildman–Crippen LogP) is 2.30. The minimum atomic E-state index is -0.0232. The molecule has 2 N–H and O–H groups in total. The minimum absolute atomic E-state index is 0.0232. The first kappa shape index (κ1) is 15.0. The smallest absolute Gasteiger partial charge is 0.122 e. The molecule has 0 radical (unpaired) electrons. The van der Waals surface area contributed by atoms with Gasteiger partial charge in [-0.2, -0.15) is 0 Å². The van der Waals surface area contributed by atoms with E-state index in [1.807, 2.05) is 12.1 Å². The summed E-state index contributed by atoms with van der Waals surface area (Å²) in [5.74, 6) is 0.946. The highest BCUT2D eigenvalue weighted by atomic mass is 16.5. The zero-order valence-electron chi connectivity index (χ0n) is 12.1. The number of para-hydroxylation sites is 1. The molecule has 1 atom stereocenters. The first-order chi connectivity index (χ1) is 8.57. The van der Waals surface area contributed by atoms with Gasteiger partial charge in [0.25, 0.3) is 0 Å². The topological polar surface area (TPSA) is 38.5 Å². The van der Waals surface area contributed by atoms with Crippen LogP contribution in [0.4, 0.5) is 0 Å². The lowest BCUT2D eigenvalue weighted by Crippen LogP contribution is -2.51. The van der Waals surface area contributed by atoms with E-state index in [1.54, 1.807) is 7.11 Å². The number of ether oxygens (including phenoxy) is 1. The van der Waals surface area contributed by atoms with Crippen LogP contribution in [-0.2, 0) is 6.42 Å². The molecule has 0 aliphatic heterocycles. The number of nitrogens with two attached hydrogens (primary N) is 1. The fourth-order valence-electron chi connectivity index (χ4n) is 2.23. The largest absolute Gasteiger partial charge is 0.496 e. The van der Waals surface area contributed by atoms with Crippen molar-refractivity contribution in [2.75, 3.05) is 27.2 Å². The molecule has 1 aromatic carbocycles. The molecule has 0 amide bonds. The SMILES string of the molecule is CCCN(C)C(C)(CN)Cc1ccccc1OC. The van der Waals surface area contributed by atoms with Gasteiger partial charge in [0.05, 0.1) is 7.11 Å². The summed E-state index contributed by atoms with van der Waals surface area (Å²) in [6.45, 7) is 6.11. The summed E-state index contributed by atoms with van der Waals surface area (Å²) in [4.78, 5) is 2.35. The zero-order valence-corrected chi connectivity index (χ0v) is 12.1. The van der Waals surface area contributed by atoms with E-state index in [1.165, 1.54) is 5.56 Å². The Balaban J connectivity index is 2.90. The Morgan fingerprint density at radius 3 is 2.56 bits per heavy atom. The molecule has 1 rings (SSSR count). The van der Waals surface area contributed by atoms with Crippen LogP contribution >= 0.6 is 0 Å². The average molecular weight is 250 g/mol. The maximum atomic E-state index is 6.00. The molecule has 0 heterocycles. The van der Waals surface area contributed by atoms with Crippen LogP contribution in [0, 0.1) is 0 Å². The summed E-state index contributed by atoms with van der Waals surface area (Å²) in [7, 11) is 3.86. The Hall–Kier alpha value is -1.06. The lowest BCUT2D eigenvalue weighted by atomic mass is 9.90. The summed E-state index contributed by atoms with van der Waals surface area (Å²) in [5, 5.41) is 0. The number of benzene rings is 1. The van der Waals surface area contributed by atoms with E-state index in [-0.39, 0.29) is 5.54 Å². The molecule has 0 bridgehead atoms. The Morgan fingerprint density at radius 1 is 1.33 bits per heavy atom. The van der Waals surface area contributed by atoms with Crippen LogP contribution in [0.5, 0.6) is 5.75 Å². The summed E-state index contributed by atoms with van der Waals surface area (Å²) in [6.07, 6.45) is 2.04. The second kappa shape index (κ2) is 6.76. The van der Waals surface area contributed by atoms with Crippen molar-refractivity contribution in [1.29, 1.82) is 0 Å². The van der Waals surface area contributed by atoms with E-state index in [0.717, 1.165) is 25.1 Å². The number of likely N-dealkylation sites (N-methyl/N-ethyl adjacent to an activating group) is 1. The molecule has 0 spiro atoms. The number of methoxy groups -OCH3 is 1. The standard InChI is InChI=1S/C15H26N2O/c1-5-10-17(3)15(2,12-16)11-13-8-6-7-9-14(13)18-4/h6-9H,5,10-12,16H2,1-4H3. The van der Waals surface area contributed by atoms with Gasteiger partial charge in [0, 0.05) is 12.1 Å². The van der Waals surface area contributed by atoms with Crippen LogP contribution < -0.4 is 10.5 Å². The molecule has 1 aromatic rings. The van der Waals surface area contributed by atoms with Crippen LogP contribution in [-0.4, -0.2) is 37.7 Å². The van der Waals surface area contributed by atoms with Crippen LogP contribution in [0.2, 0.25) is 0 Å². The normalized spacial score (nSPS) is 14.6. The van der Waals surface area contributed by atoms with Crippen molar-refractivity contribution in [3.05, 3.63) is 29.8 Å². The van der Waals surface area contributed by atoms with Crippen LogP contribution in [0.1, 0.15) is 25.8 Å². The second-order valence-corrected chi connectivity index (χ2v) is 5.11. The monoisotopic (exact) mass is 250 g/mol. The van der Waals surface area contributed by atoms with E-state index < -0.39 is 0 Å². The van der Waals surface area contributed by atoms with Crippen molar-refractivity contribution in [2.24, 2.45) is 5.73 Å². The molecule has 1 unspecified atom stereocenters. The van der Waals surface area contributed by atoms with Gasteiger partial charge in [0.1, 0.15) is 5.75 Å². The predicted molar refractivity (Wildman–Crippen MR) is 77.1 cm³/mol. The van der Waals surface area contributed by atoms with Gasteiger partial charge in [-0.1, -0.05) is 25.1 Å². The molecule has 3 heteroatoms. The summed E-state index contributed by atoms with van der Waals surface area (Å²) in [5.41, 5.74) is 7.19. The molecule has 3 nitrogen and oxygen atoms in total. The number of rotatable bonds is 7. The minimum Gasteiger partial charge on any atom is -0.496 e. The van der Waals surface area contributed by atoms with E-state index >= 15 is 0 Å². The number of hydrogen-bond donors (Lipinski definition) is 1. The maximum absolute atomic E-state index is 6.00. The van der Waals surface area contributed by atoms with Gasteiger partial charge < -0.3 is 10.5 Å². The van der Waals surface area contributed by atoms with Crippen molar-refractivity contribution >= 4 is 0 Å². The Bertz CT molecular complexity index is 367. The fourth-order valence-corrected chi connectivity index (χ4v) is 2.23. The van der Waals surface area contributed by atoms with Crippen LogP contribution in [0.15, 0.2) is 24.3 Å². The van der Waals surface area contributed by atoms with Crippen molar-refractivity contribution in [1.82, 2.24) is 4.90 Å². The van der Waals surface area contributed by atoms with Gasteiger partial charge in [-0.15, -0.1) is 0 Å². The highest BCUT2D eigenvalue weighted by molar-refractivity contribution is 5.34. The molecule has 0 fully saturated rings. The van der Waals surface area contributed by atoms with Crippen molar-refractivity contribution in [3.63, 3.8) is 0 Å². The summed E-state index contributed by atoms with van der Waals surface area (Å²) in [6, 6.07) is 8.17. The lowest BCUT2D eigenvalue weighted by Gasteiger charge is -2.38. The summed E-state index contributed by atoms with van der Waals surface area (Å²) >= 11 is 0. The highest BCUT2D eigenvalue weighted by Gasteiger charge is 2.28. The fraction of sp³-hybridized carbons (Fsp3) is 0.600. The first-order valence-electron chi connectivity index (χ1n) is 6.60. The van der Waals surface area contributed by atoms with Gasteiger partial charge in [-0.05, 0) is 45.0 Å². The Kier molecular flexibility index (Phi) is 5.63. The van der Waals surface area contributed by atoms with E-state index in [4.69, 9.17) is 10.5 Å². The molecule has 102 valence electrons. The van der Waals surface area contributed by atoms with Crippen molar-refractivity contribution in [2.45, 2.75) is 32.2 Å². The third-order valence-electron chi connectivity index (χ3n) is 3.68. The van der Waals surface area contributed by atoms with E-state index in [0.29, 0.717) is 6.54 Å². The first-order valence-corrected chi connectivity index (χ1v) is 6.60. The lowest BCUT2D eigenvalue weighted by molar-refractivity contribution is 0.143. The van der Waals surface area contributed by atoms with Gasteiger partial charge in [-0.25, -0.2) is 0 Å². The van der Waals surface area contributed by atoms with Gasteiger partial charge in [-0.3, -0.25) is 4.90 Å². The van der Waals surface area contributed by atoms with Crippen LogP contribution in [0.25, 0.3) is 0 Å². The third kappa shape index (κ3) is 3.47. The quantitative estimate of drug-likeness (QED) is 0.807. The molecule has 18 heavy (non-hydrogen) atoms. The van der Waals surface area contributed by atoms with Crippen LogP contribution in [0.3, 0.4) is 0 Å². The summed E-state index contributed by atoms with van der Waals surface area (Å²) < 4.78 is 5.42. The van der Waals surface area contributed by atoms with Gasteiger partial charge in [0.2, 0.25) is 0 Å². The number of hydrogen-bond acceptors (Lipinski definition) is 3. The Morgan fingerprint density at radius 2 is 2.00 bits per heavy atom. The van der Waals surface area contributed by atoms with Crippen molar-refractivity contribution < 1.29 is 4.74 Å². The molecule has 0 aliphatic carbocycles. The van der Waals surface area contributed by atoms with Gasteiger partial charge in [0.15, 0.2) is 0 Å². The molecule has 0 saturated carbocycles. The molecule has 0 saturated heterocycles. The zero-order chi connectivity index (χ0) is 13.6. The number of nitrogens with zero attached hydrogens (tertiary/aromatic N) is 1. The Labute approximate surface area is 111 Å². The molecule has 0 aliphatic rings. The van der Waals surface area contributed by atoms with Gasteiger partial charge >= 0.3 is 0 Å². The average Bonchev–Trinajstić information content (AvgIpc) is 2.39. The second-order valence-electron chi connectivity index (χ2n) is 5.11. The van der Waals surface area contributed by atoms with E-state index in [2.05, 4.69) is 37.9 Å². The highest BCUT2D eigenvalue weighted by Crippen LogP contribution is 2.25. The third-order valence-corrected chi connectivity index (χ3v) is 3.68. The van der Waals surface area contributed by atoms with Crippen molar-refractivity contribution in [3.8, 4) is 5.75 Å². The van der Waals surface area contributed by atoms with E-state index in [9.17, 15) is 0 Å². The molecule has 0 aromatic heterocycles. The maximum Gasteiger partial charge on any atom is 0.122 e. The molecular formula is C15H26N2O.